The zero-order valence-electron chi connectivity index (χ0n) is 15.4. The second-order valence-corrected chi connectivity index (χ2v) is 6.94. The number of anilines is 1. The molecule has 7 heteroatoms. The van der Waals surface area contributed by atoms with Crippen molar-refractivity contribution in [1.29, 1.82) is 5.41 Å². The lowest BCUT2D eigenvalue weighted by Crippen LogP contribution is -2.89. The molecular formula is C19H28ClN4O2+. The van der Waals surface area contributed by atoms with E-state index in [0.29, 0.717) is 28.9 Å². The summed E-state index contributed by atoms with van der Waals surface area (Å²) in [6.45, 7) is 8.04. The van der Waals surface area contributed by atoms with Crippen molar-refractivity contribution in [2.75, 3.05) is 38.1 Å². The van der Waals surface area contributed by atoms with Crippen LogP contribution in [-0.4, -0.2) is 49.8 Å². The lowest BCUT2D eigenvalue weighted by Gasteiger charge is -2.29. The largest absolute Gasteiger partial charge is 0.486 e. The van der Waals surface area contributed by atoms with Gasteiger partial charge in [-0.25, -0.2) is 0 Å². The molecule has 1 saturated heterocycles. The summed E-state index contributed by atoms with van der Waals surface area (Å²) in [5.41, 5.74) is 1.13. The summed E-state index contributed by atoms with van der Waals surface area (Å²) >= 11 is 6.00. The van der Waals surface area contributed by atoms with Gasteiger partial charge in [0, 0.05) is 16.9 Å². The summed E-state index contributed by atoms with van der Waals surface area (Å²) < 4.78 is 5.90. The fourth-order valence-electron chi connectivity index (χ4n) is 2.65. The Bertz CT molecular complexity index is 657. The third-order valence-electron chi connectivity index (χ3n) is 4.41. The SMILES string of the molecule is CCC(C)CO/C(C(=O)Nc1cccc(Cl)c1)=C(/C=N)N1CC[NH2+]CC1. The standard InChI is InChI=1S/C19H27ClN4O2/c1-3-14(2)13-26-18(17(12-21)24-9-7-22-8-10-24)19(25)23-16-6-4-5-15(20)11-16/h4-6,11-12,14,21-22H,3,7-10,13H2,1-2H3,(H,23,25)/p+1/b18-17-,21-12?. The van der Waals surface area contributed by atoms with E-state index in [-0.39, 0.29) is 11.7 Å². The van der Waals surface area contributed by atoms with Gasteiger partial charge in [0.15, 0.2) is 0 Å². The normalized spacial score (nSPS) is 16.5. The molecule has 26 heavy (non-hydrogen) atoms. The fourth-order valence-corrected chi connectivity index (χ4v) is 2.84. The van der Waals surface area contributed by atoms with Crippen LogP contribution in [0.4, 0.5) is 5.69 Å². The first kappa shape index (κ1) is 20.3. The topological polar surface area (TPSA) is 82.0 Å². The zero-order chi connectivity index (χ0) is 18.9. The smallest absolute Gasteiger partial charge is 0.293 e. The van der Waals surface area contributed by atoms with Crippen LogP contribution in [0.25, 0.3) is 0 Å². The fraction of sp³-hybridized carbons (Fsp3) is 0.474. The lowest BCUT2D eigenvalue weighted by atomic mass is 10.1. The Kier molecular flexibility index (Phi) is 7.94. The van der Waals surface area contributed by atoms with Crippen LogP contribution in [0.2, 0.25) is 5.02 Å². The van der Waals surface area contributed by atoms with Gasteiger partial charge >= 0.3 is 0 Å². The van der Waals surface area contributed by atoms with Gasteiger partial charge < -0.3 is 25.7 Å². The van der Waals surface area contributed by atoms with Gasteiger partial charge in [0.2, 0.25) is 5.76 Å². The number of hydrogen-bond acceptors (Lipinski definition) is 4. The van der Waals surface area contributed by atoms with Crippen molar-refractivity contribution in [3.63, 3.8) is 0 Å². The van der Waals surface area contributed by atoms with Crippen LogP contribution >= 0.6 is 11.6 Å². The number of nitrogens with zero attached hydrogens (tertiary/aromatic N) is 1. The van der Waals surface area contributed by atoms with Crippen LogP contribution in [0.1, 0.15) is 20.3 Å². The number of ether oxygens (including phenoxy) is 1. The minimum Gasteiger partial charge on any atom is -0.486 e. The Hall–Kier alpha value is -2.05. The van der Waals surface area contributed by atoms with E-state index in [0.717, 1.165) is 32.6 Å². The van der Waals surface area contributed by atoms with Crippen molar-refractivity contribution in [2.24, 2.45) is 5.92 Å². The van der Waals surface area contributed by atoms with E-state index < -0.39 is 0 Å². The molecule has 0 aliphatic carbocycles. The number of piperazine rings is 1. The molecule has 1 aromatic rings. The molecule has 6 nitrogen and oxygen atoms in total. The molecule has 4 N–H and O–H groups in total. The minimum absolute atomic E-state index is 0.196. The maximum absolute atomic E-state index is 12.9. The van der Waals surface area contributed by atoms with Crippen molar-refractivity contribution in [1.82, 2.24) is 4.90 Å². The van der Waals surface area contributed by atoms with E-state index in [9.17, 15) is 4.79 Å². The lowest BCUT2D eigenvalue weighted by molar-refractivity contribution is -0.662. The first-order valence-electron chi connectivity index (χ1n) is 9.06. The van der Waals surface area contributed by atoms with E-state index in [1.165, 1.54) is 6.21 Å². The van der Waals surface area contributed by atoms with E-state index in [2.05, 4.69) is 24.5 Å². The molecule has 0 aromatic heterocycles. The molecule has 0 spiro atoms. The predicted molar refractivity (Wildman–Crippen MR) is 105 cm³/mol. The molecule has 2 rings (SSSR count). The Morgan fingerprint density at radius 1 is 1.46 bits per heavy atom. The number of hydrogen-bond donors (Lipinski definition) is 3. The number of halogens is 1. The van der Waals surface area contributed by atoms with Gasteiger partial charge in [0.1, 0.15) is 5.70 Å². The Labute approximate surface area is 160 Å². The number of rotatable bonds is 8. The molecule has 1 heterocycles. The van der Waals surface area contributed by atoms with Gasteiger partial charge in [-0.2, -0.15) is 0 Å². The highest BCUT2D eigenvalue weighted by Crippen LogP contribution is 2.19. The number of nitrogens with one attached hydrogen (secondary N) is 2. The highest BCUT2D eigenvalue weighted by atomic mass is 35.5. The third kappa shape index (κ3) is 5.75. The molecule has 1 aromatic carbocycles. The number of amides is 1. The molecule has 1 amide bonds. The summed E-state index contributed by atoms with van der Waals surface area (Å²) in [6.07, 6.45) is 2.18. The molecule has 0 radical (unpaired) electrons. The number of carbonyl (C=O) groups is 1. The Morgan fingerprint density at radius 3 is 2.81 bits per heavy atom. The maximum atomic E-state index is 12.9. The van der Waals surface area contributed by atoms with Crippen molar-refractivity contribution in [2.45, 2.75) is 20.3 Å². The summed E-state index contributed by atoms with van der Waals surface area (Å²) in [7, 11) is 0. The third-order valence-corrected chi connectivity index (χ3v) is 4.65. The van der Waals surface area contributed by atoms with Crippen molar-refractivity contribution in [3.05, 3.63) is 40.7 Å². The number of allylic oxidation sites excluding steroid dienone is 1. The minimum atomic E-state index is -0.358. The average Bonchev–Trinajstić information content (AvgIpc) is 2.65. The van der Waals surface area contributed by atoms with Crippen molar-refractivity contribution < 1.29 is 14.8 Å². The Morgan fingerprint density at radius 2 is 2.19 bits per heavy atom. The van der Waals surface area contributed by atoms with Gasteiger partial charge in [-0.1, -0.05) is 37.9 Å². The Balaban J connectivity index is 2.26. The number of nitrogens with two attached hydrogens (primary N) is 1. The van der Waals surface area contributed by atoms with Gasteiger partial charge in [-0.15, -0.1) is 0 Å². The molecule has 1 atom stereocenters. The van der Waals surface area contributed by atoms with E-state index in [1.54, 1.807) is 24.3 Å². The molecule has 1 aliphatic heterocycles. The number of benzene rings is 1. The second-order valence-electron chi connectivity index (χ2n) is 6.50. The van der Waals surface area contributed by atoms with Crippen LogP contribution in [-0.2, 0) is 9.53 Å². The van der Waals surface area contributed by atoms with E-state index >= 15 is 0 Å². The average molecular weight is 380 g/mol. The molecule has 0 saturated carbocycles. The quantitative estimate of drug-likeness (QED) is 0.367. The molecule has 1 aliphatic rings. The molecular weight excluding hydrogens is 352 g/mol. The predicted octanol–water partition coefficient (Wildman–Crippen LogP) is 2.08. The highest BCUT2D eigenvalue weighted by molar-refractivity contribution is 6.30. The second kappa shape index (κ2) is 10.2. The maximum Gasteiger partial charge on any atom is 0.293 e. The number of quaternary nitrogens is 1. The monoisotopic (exact) mass is 379 g/mol. The van der Waals surface area contributed by atoms with Crippen molar-refractivity contribution in [3.8, 4) is 0 Å². The van der Waals surface area contributed by atoms with Gasteiger partial charge in [0.25, 0.3) is 5.91 Å². The number of carbonyl (C=O) groups excluding carboxylic acids is 1. The van der Waals surface area contributed by atoms with Gasteiger partial charge in [0.05, 0.1) is 32.8 Å². The first-order chi connectivity index (χ1) is 12.5. The van der Waals surface area contributed by atoms with Crippen LogP contribution in [0, 0.1) is 11.3 Å². The molecule has 1 fully saturated rings. The summed E-state index contributed by atoms with van der Waals surface area (Å²) in [4.78, 5) is 14.9. The first-order valence-corrected chi connectivity index (χ1v) is 9.44. The van der Waals surface area contributed by atoms with Crippen LogP contribution in [0.15, 0.2) is 35.7 Å². The highest BCUT2D eigenvalue weighted by Gasteiger charge is 2.24. The van der Waals surface area contributed by atoms with Crippen LogP contribution < -0.4 is 10.6 Å². The van der Waals surface area contributed by atoms with Crippen LogP contribution in [0.5, 0.6) is 0 Å². The molecule has 0 bridgehead atoms. The van der Waals surface area contributed by atoms with E-state index in [4.69, 9.17) is 21.7 Å². The summed E-state index contributed by atoms with van der Waals surface area (Å²) in [6, 6.07) is 6.99. The molecule has 1 unspecified atom stereocenters. The summed E-state index contributed by atoms with van der Waals surface area (Å²) in [5.74, 6) is 0.163. The zero-order valence-corrected chi connectivity index (χ0v) is 16.2. The van der Waals surface area contributed by atoms with Gasteiger partial charge in [-0.3, -0.25) is 4.79 Å². The van der Waals surface area contributed by atoms with Crippen molar-refractivity contribution >= 4 is 29.4 Å². The summed E-state index contributed by atoms with van der Waals surface area (Å²) in [5, 5.41) is 13.5. The molecule has 142 valence electrons. The van der Waals surface area contributed by atoms with Crippen LogP contribution in [0.3, 0.4) is 0 Å². The van der Waals surface area contributed by atoms with Gasteiger partial charge in [-0.05, 0) is 24.1 Å². The van der Waals surface area contributed by atoms with E-state index in [1.807, 2.05) is 4.90 Å².